The van der Waals surface area contributed by atoms with Gasteiger partial charge in [0.25, 0.3) is 0 Å². The van der Waals surface area contributed by atoms with Crippen LogP contribution in [0.4, 0.5) is 0 Å². The molecule has 10 heavy (non-hydrogen) atoms. The number of carbonyl (C=O) groups excluding carboxylic acids is 1. The molecule has 0 saturated heterocycles. The summed E-state index contributed by atoms with van der Waals surface area (Å²) in [5.74, 6) is 0.718. The molecular formula is C6H6N2OS. The van der Waals surface area contributed by atoms with E-state index in [4.69, 9.17) is 12.2 Å². The largest absolute Gasteiger partial charge is 0.334 e. The van der Waals surface area contributed by atoms with E-state index in [2.05, 4.69) is 9.97 Å². The number of aromatic amines is 1. The van der Waals surface area contributed by atoms with Crippen LogP contribution in [0.25, 0.3) is 0 Å². The number of aryl methyl sites for hydroxylation is 1. The van der Waals surface area contributed by atoms with Gasteiger partial charge >= 0.3 is 0 Å². The van der Waals surface area contributed by atoms with E-state index >= 15 is 0 Å². The summed E-state index contributed by atoms with van der Waals surface area (Å²) in [6.45, 7) is 1.78. The second-order valence-corrected chi connectivity index (χ2v) is 2.28. The van der Waals surface area contributed by atoms with Gasteiger partial charge in [0, 0.05) is 6.20 Å². The summed E-state index contributed by atoms with van der Waals surface area (Å²) in [4.78, 5) is 16.8. The van der Waals surface area contributed by atoms with E-state index in [0.717, 1.165) is 5.82 Å². The van der Waals surface area contributed by atoms with Gasteiger partial charge in [-0.3, -0.25) is 4.79 Å². The molecule has 4 heteroatoms. The zero-order chi connectivity index (χ0) is 7.56. The van der Waals surface area contributed by atoms with Crippen LogP contribution in [0.3, 0.4) is 0 Å². The highest BCUT2D eigenvalue weighted by Crippen LogP contribution is 1.94. The first-order valence-electron chi connectivity index (χ1n) is 2.75. The van der Waals surface area contributed by atoms with Crippen LogP contribution in [0.2, 0.25) is 0 Å². The van der Waals surface area contributed by atoms with Crippen LogP contribution < -0.4 is 0 Å². The fourth-order valence-corrected chi connectivity index (χ4v) is 0.826. The third-order valence-corrected chi connectivity index (χ3v) is 1.42. The first kappa shape index (κ1) is 7.08. The minimum Gasteiger partial charge on any atom is -0.334 e. The lowest BCUT2D eigenvalue weighted by molar-refractivity contribution is 0.112. The molecule has 0 aliphatic heterocycles. The van der Waals surface area contributed by atoms with Crippen molar-refractivity contribution in [1.82, 2.24) is 9.97 Å². The van der Waals surface area contributed by atoms with Crippen LogP contribution in [0, 0.1) is 11.6 Å². The van der Waals surface area contributed by atoms with Gasteiger partial charge in [0.15, 0.2) is 6.29 Å². The third kappa shape index (κ3) is 1.27. The Labute approximate surface area is 63.1 Å². The van der Waals surface area contributed by atoms with Crippen LogP contribution in [-0.4, -0.2) is 16.3 Å². The number of hydrogen-bond donors (Lipinski definition) is 1. The molecule has 0 aromatic carbocycles. The molecule has 1 rings (SSSR count). The molecule has 1 aromatic heterocycles. The fourth-order valence-electron chi connectivity index (χ4n) is 0.578. The number of nitrogens with one attached hydrogen (secondary N) is 1. The van der Waals surface area contributed by atoms with Crippen molar-refractivity contribution in [1.29, 1.82) is 0 Å². The summed E-state index contributed by atoms with van der Waals surface area (Å²) in [5, 5.41) is 0. The van der Waals surface area contributed by atoms with Gasteiger partial charge in [-0.05, 0) is 6.92 Å². The van der Waals surface area contributed by atoms with Gasteiger partial charge in [-0.25, -0.2) is 4.98 Å². The van der Waals surface area contributed by atoms with Crippen molar-refractivity contribution in [3.63, 3.8) is 0 Å². The van der Waals surface area contributed by atoms with E-state index < -0.39 is 0 Å². The maximum absolute atomic E-state index is 10.2. The predicted octanol–water partition coefficient (Wildman–Crippen LogP) is 1.26. The average Bonchev–Trinajstić information content (AvgIpc) is 1.88. The Bertz CT molecular complexity index is 305. The van der Waals surface area contributed by atoms with Gasteiger partial charge in [0.05, 0.1) is 5.56 Å². The summed E-state index contributed by atoms with van der Waals surface area (Å²) in [6.07, 6.45) is 2.15. The van der Waals surface area contributed by atoms with Crippen molar-refractivity contribution in [2.24, 2.45) is 0 Å². The second-order valence-electron chi connectivity index (χ2n) is 1.87. The Morgan fingerprint density at radius 3 is 3.00 bits per heavy atom. The molecule has 0 aliphatic carbocycles. The molecule has 0 saturated carbocycles. The highest BCUT2D eigenvalue weighted by atomic mass is 32.1. The molecule has 0 atom stereocenters. The fraction of sp³-hybridized carbons (Fsp3) is 0.167. The average molecular weight is 154 g/mol. The number of hydrogen-bond acceptors (Lipinski definition) is 3. The van der Waals surface area contributed by atoms with Crippen molar-refractivity contribution in [3.05, 3.63) is 22.2 Å². The van der Waals surface area contributed by atoms with Crippen molar-refractivity contribution < 1.29 is 4.79 Å². The van der Waals surface area contributed by atoms with E-state index in [-0.39, 0.29) is 0 Å². The molecule has 3 nitrogen and oxygen atoms in total. The molecule has 1 aromatic rings. The molecule has 0 bridgehead atoms. The Morgan fingerprint density at radius 1 is 1.80 bits per heavy atom. The molecule has 52 valence electrons. The third-order valence-electron chi connectivity index (χ3n) is 1.08. The smallest absolute Gasteiger partial charge is 0.154 e. The molecule has 0 radical (unpaired) electrons. The molecule has 0 unspecified atom stereocenters. The van der Waals surface area contributed by atoms with Crippen molar-refractivity contribution in [3.8, 4) is 0 Å². The summed E-state index contributed by atoms with van der Waals surface area (Å²) < 4.78 is 0.447. The molecule has 0 amide bonds. The van der Waals surface area contributed by atoms with E-state index in [0.29, 0.717) is 16.5 Å². The van der Waals surface area contributed by atoms with Gasteiger partial charge in [-0.15, -0.1) is 0 Å². The standard InChI is InChI=1S/C6H6N2OS/c1-4-7-2-5(3-9)6(10)8-4/h2-3H,1H3,(H,7,8,10). The molecule has 1 heterocycles. The number of rotatable bonds is 1. The normalized spacial score (nSPS) is 9.30. The van der Waals surface area contributed by atoms with Crippen LogP contribution >= 0.6 is 12.2 Å². The summed E-state index contributed by atoms with van der Waals surface area (Å²) in [7, 11) is 0. The summed E-state index contributed by atoms with van der Waals surface area (Å²) >= 11 is 4.81. The topological polar surface area (TPSA) is 45.8 Å². The molecule has 0 spiro atoms. The molecule has 0 aliphatic rings. The Hall–Kier alpha value is -1.03. The second kappa shape index (κ2) is 2.70. The minimum absolute atomic E-state index is 0.431. The lowest BCUT2D eigenvalue weighted by Gasteiger charge is -1.91. The van der Waals surface area contributed by atoms with Crippen LogP contribution in [0.1, 0.15) is 16.2 Å². The van der Waals surface area contributed by atoms with Gasteiger partial charge in [-0.1, -0.05) is 12.2 Å². The maximum atomic E-state index is 10.2. The molecular weight excluding hydrogens is 148 g/mol. The quantitative estimate of drug-likeness (QED) is 0.489. The lowest BCUT2D eigenvalue weighted by atomic mass is 10.4. The number of aromatic nitrogens is 2. The zero-order valence-electron chi connectivity index (χ0n) is 5.42. The molecule has 1 N–H and O–H groups in total. The van der Waals surface area contributed by atoms with Crippen molar-refractivity contribution >= 4 is 18.5 Å². The van der Waals surface area contributed by atoms with E-state index in [1.807, 2.05) is 0 Å². The monoisotopic (exact) mass is 154 g/mol. The van der Waals surface area contributed by atoms with E-state index in [1.165, 1.54) is 6.20 Å². The van der Waals surface area contributed by atoms with Crippen molar-refractivity contribution in [2.75, 3.05) is 0 Å². The minimum atomic E-state index is 0.431. The Morgan fingerprint density at radius 2 is 2.50 bits per heavy atom. The summed E-state index contributed by atoms with van der Waals surface area (Å²) in [5.41, 5.74) is 0.431. The molecule has 0 fully saturated rings. The number of nitrogens with zero attached hydrogens (tertiary/aromatic N) is 1. The van der Waals surface area contributed by atoms with Gasteiger partial charge in [-0.2, -0.15) is 0 Å². The highest BCUT2D eigenvalue weighted by Gasteiger charge is 1.92. The first-order valence-corrected chi connectivity index (χ1v) is 3.16. The van der Waals surface area contributed by atoms with Gasteiger partial charge in [0.1, 0.15) is 10.5 Å². The van der Waals surface area contributed by atoms with Crippen LogP contribution in [0.15, 0.2) is 6.20 Å². The van der Waals surface area contributed by atoms with E-state index in [9.17, 15) is 4.79 Å². The van der Waals surface area contributed by atoms with Crippen LogP contribution in [0.5, 0.6) is 0 Å². The predicted molar refractivity (Wildman–Crippen MR) is 39.5 cm³/mol. The van der Waals surface area contributed by atoms with Gasteiger partial charge in [0.2, 0.25) is 0 Å². The Kier molecular flexibility index (Phi) is 1.91. The lowest BCUT2D eigenvalue weighted by Crippen LogP contribution is -1.91. The van der Waals surface area contributed by atoms with Gasteiger partial charge < -0.3 is 4.98 Å². The SMILES string of the molecule is Cc1ncc(C=O)c(=S)[nH]1. The number of carbonyl (C=O) groups is 1. The number of aldehydes is 1. The Balaban J connectivity index is 3.33. The zero-order valence-corrected chi connectivity index (χ0v) is 6.23. The summed E-state index contributed by atoms with van der Waals surface area (Å²) in [6, 6.07) is 0. The van der Waals surface area contributed by atoms with Crippen LogP contribution in [-0.2, 0) is 0 Å². The number of H-pyrrole nitrogens is 1. The maximum Gasteiger partial charge on any atom is 0.154 e. The first-order chi connectivity index (χ1) is 4.74. The van der Waals surface area contributed by atoms with Crippen molar-refractivity contribution in [2.45, 2.75) is 6.92 Å². The van der Waals surface area contributed by atoms with E-state index in [1.54, 1.807) is 6.92 Å². The highest BCUT2D eigenvalue weighted by molar-refractivity contribution is 7.71.